The topological polar surface area (TPSA) is 29.5 Å². The van der Waals surface area contributed by atoms with Crippen molar-refractivity contribution in [3.63, 3.8) is 0 Å². The van der Waals surface area contributed by atoms with Crippen molar-refractivity contribution < 1.29 is 9.53 Å². The quantitative estimate of drug-likeness (QED) is 0.842. The largest absolute Gasteiger partial charge is 0.496 e. The van der Waals surface area contributed by atoms with Gasteiger partial charge in [0.25, 0.3) is 5.91 Å². The smallest absolute Gasteiger partial charge is 0.253 e. The molecular formula is C17H25NO2. The predicted molar refractivity (Wildman–Crippen MR) is 81.2 cm³/mol. The van der Waals surface area contributed by atoms with Crippen molar-refractivity contribution in [3.05, 3.63) is 29.3 Å². The van der Waals surface area contributed by atoms with Crippen molar-refractivity contribution in [2.45, 2.75) is 45.6 Å². The number of ether oxygens (including phenoxy) is 1. The highest BCUT2D eigenvalue weighted by Gasteiger charge is 2.28. The van der Waals surface area contributed by atoms with Gasteiger partial charge in [-0.25, -0.2) is 0 Å². The molecule has 2 rings (SSSR count). The van der Waals surface area contributed by atoms with E-state index in [0.717, 1.165) is 17.7 Å². The Kier molecular flexibility index (Phi) is 4.69. The van der Waals surface area contributed by atoms with Crippen molar-refractivity contribution in [2.24, 2.45) is 5.92 Å². The van der Waals surface area contributed by atoms with E-state index in [1.807, 2.05) is 37.1 Å². The van der Waals surface area contributed by atoms with Crippen molar-refractivity contribution in [3.8, 4) is 5.75 Å². The third kappa shape index (κ3) is 2.97. The molecule has 0 aromatic heterocycles. The van der Waals surface area contributed by atoms with Gasteiger partial charge in [0.15, 0.2) is 0 Å². The number of amides is 1. The summed E-state index contributed by atoms with van der Waals surface area (Å²) < 4.78 is 5.31. The second kappa shape index (κ2) is 6.29. The molecule has 2 atom stereocenters. The molecule has 0 aliphatic heterocycles. The van der Waals surface area contributed by atoms with E-state index in [0.29, 0.717) is 17.5 Å². The molecule has 3 heteroatoms. The fourth-order valence-electron chi connectivity index (χ4n) is 3.18. The fraction of sp³-hybridized carbons (Fsp3) is 0.588. The average Bonchev–Trinajstić information content (AvgIpc) is 2.47. The first kappa shape index (κ1) is 14.9. The normalized spacial score (nSPS) is 22.4. The van der Waals surface area contributed by atoms with Gasteiger partial charge in [0, 0.05) is 18.7 Å². The van der Waals surface area contributed by atoms with Gasteiger partial charge < -0.3 is 9.64 Å². The molecule has 1 aromatic rings. The lowest BCUT2D eigenvalue weighted by molar-refractivity contribution is 0.0628. The van der Waals surface area contributed by atoms with E-state index in [2.05, 4.69) is 6.92 Å². The monoisotopic (exact) mass is 275 g/mol. The van der Waals surface area contributed by atoms with Crippen LogP contribution in [-0.4, -0.2) is 31.0 Å². The molecule has 0 N–H and O–H groups in total. The fourth-order valence-corrected chi connectivity index (χ4v) is 3.18. The molecule has 1 fully saturated rings. The number of carbonyl (C=O) groups excluding carboxylic acids is 1. The van der Waals surface area contributed by atoms with Crippen LogP contribution in [0.25, 0.3) is 0 Å². The molecule has 0 radical (unpaired) electrons. The highest BCUT2D eigenvalue weighted by atomic mass is 16.5. The number of methoxy groups -OCH3 is 1. The van der Waals surface area contributed by atoms with E-state index >= 15 is 0 Å². The van der Waals surface area contributed by atoms with E-state index in [1.165, 1.54) is 19.3 Å². The van der Waals surface area contributed by atoms with Crippen molar-refractivity contribution in [2.75, 3.05) is 14.2 Å². The summed E-state index contributed by atoms with van der Waals surface area (Å²) >= 11 is 0. The van der Waals surface area contributed by atoms with Crippen LogP contribution in [0.1, 0.15) is 48.5 Å². The van der Waals surface area contributed by atoms with E-state index in [-0.39, 0.29) is 5.91 Å². The first-order valence-corrected chi connectivity index (χ1v) is 7.46. The van der Waals surface area contributed by atoms with Crippen molar-refractivity contribution in [1.82, 2.24) is 4.90 Å². The standard InChI is InChI=1S/C17H25NO2/c1-12-7-5-6-8-15(12)18(3)17(19)14-10-9-13(2)16(11-14)20-4/h9-12,15H,5-8H2,1-4H3. The van der Waals surface area contributed by atoms with Gasteiger partial charge in [-0.3, -0.25) is 4.79 Å². The molecule has 0 saturated heterocycles. The molecule has 0 heterocycles. The van der Waals surface area contributed by atoms with Crippen LogP contribution < -0.4 is 4.74 Å². The van der Waals surface area contributed by atoms with Crippen LogP contribution in [0.5, 0.6) is 5.75 Å². The summed E-state index contributed by atoms with van der Waals surface area (Å²) in [7, 11) is 3.57. The molecule has 1 amide bonds. The summed E-state index contributed by atoms with van der Waals surface area (Å²) in [5, 5.41) is 0. The van der Waals surface area contributed by atoms with Gasteiger partial charge in [-0.2, -0.15) is 0 Å². The van der Waals surface area contributed by atoms with Gasteiger partial charge in [0.1, 0.15) is 5.75 Å². The lowest BCUT2D eigenvalue weighted by Crippen LogP contribution is -2.42. The SMILES string of the molecule is COc1cc(C(=O)N(C)C2CCCCC2C)ccc1C. The van der Waals surface area contributed by atoms with Gasteiger partial charge in [-0.15, -0.1) is 0 Å². The molecule has 110 valence electrons. The number of hydrogen-bond acceptors (Lipinski definition) is 2. The lowest BCUT2D eigenvalue weighted by atomic mass is 9.85. The number of rotatable bonds is 3. The Labute approximate surface area is 121 Å². The van der Waals surface area contributed by atoms with Gasteiger partial charge >= 0.3 is 0 Å². The summed E-state index contributed by atoms with van der Waals surface area (Å²) in [4.78, 5) is 14.6. The zero-order valence-corrected chi connectivity index (χ0v) is 13.0. The van der Waals surface area contributed by atoms with Crippen LogP contribution in [0.3, 0.4) is 0 Å². The van der Waals surface area contributed by atoms with Crippen molar-refractivity contribution in [1.29, 1.82) is 0 Å². The highest BCUT2D eigenvalue weighted by Crippen LogP contribution is 2.29. The van der Waals surface area contributed by atoms with Gasteiger partial charge in [-0.1, -0.05) is 25.8 Å². The number of nitrogens with zero attached hydrogens (tertiary/aromatic N) is 1. The van der Waals surface area contributed by atoms with E-state index in [1.54, 1.807) is 7.11 Å². The van der Waals surface area contributed by atoms with E-state index in [9.17, 15) is 4.79 Å². The Balaban J connectivity index is 2.17. The maximum atomic E-state index is 12.6. The van der Waals surface area contributed by atoms with E-state index < -0.39 is 0 Å². The number of carbonyl (C=O) groups is 1. The molecule has 1 aromatic carbocycles. The Hall–Kier alpha value is -1.51. The Morgan fingerprint density at radius 3 is 2.65 bits per heavy atom. The van der Waals surface area contributed by atoms with Crippen LogP contribution in [0.4, 0.5) is 0 Å². The second-order valence-electron chi connectivity index (χ2n) is 5.93. The third-order valence-electron chi connectivity index (χ3n) is 4.54. The van der Waals surface area contributed by atoms with Gasteiger partial charge in [0.2, 0.25) is 0 Å². The summed E-state index contributed by atoms with van der Waals surface area (Å²) in [5.74, 6) is 1.47. The summed E-state index contributed by atoms with van der Waals surface area (Å²) in [5.41, 5.74) is 1.77. The molecule has 2 unspecified atom stereocenters. The van der Waals surface area contributed by atoms with E-state index in [4.69, 9.17) is 4.74 Å². The number of hydrogen-bond donors (Lipinski definition) is 0. The van der Waals surface area contributed by atoms with Crippen LogP contribution in [-0.2, 0) is 0 Å². The van der Waals surface area contributed by atoms with Crippen LogP contribution in [0.15, 0.2) is 18.2 Å². The molecular weight excluding hydrogens is 250 g/mol. The minimum Gasteiger partial charge on any atom is -0.496 e. The second-order valence-corrected chi connectivity index (χ2v) is 5.93. The van der Waals surface area contributed by atoms with Crippen LogP contribution in [0.2, 0.25) is 0 Å². The Morgan fingerprint density at radius 2 is 2.00 bits per heavy atom. The first-order valence-electron chi connectivity index (χ1n) is 7.46. The maximum Gasteiger partial charge on any atom is 0.253 e. The molecule has 1 aliphatic carbocycles. The van der Waals surface area contributed by atoms with Gasteiger partial charge in [-0.05, 0) is 43.4 Å². The molecule has 20 heavy (non-hydrogen) atoms. The third-order valence-corrected chi connectivity index (χ3v) is 4.54. The van der Waals surface area contributed by atoms with Crippen LogP contribution >= 0.6 is 0 Å². The average molecular weight is 275 g/mol. The summed E-state index contributed by atoms with van der Waals surface area (Å²) in [6, 6.07) is 6.05. The Morgan fingerprint density at radius 1 is 1.30 bits per heavy atom. The predicted octanol–water partition coefficient (Wildman–Crippen LogP) is 3.65. The minimum atomic E-state index is 0.0991. The highest BCUT2D eigenvalue weighted by molar-refractivity contribution is 5.94. The number of aryl methyl sites for hydroxylation is 1. The minimum absolute atomic E-state index is 0.0991. The van der Waals surface area contributed by atoms with Crippen molar-refractivity contribution >= 4 is 5.91 Å². The first-order chi connectivity index (χ1) is 9.54. The molecule has 1 aliphatic rings. The Bertz CT molecular complexity index is 484. The molecule has 0 bridgehead atoms. The lowest BCUT2D eigenvalue weighted by Gasteiger charge is -2.36. The number of benzene rings is 1. The zero-order chi connectivity index (χ0) is 14.7. The molecule has 3 nitrogen and oxygen atoms in total. The summed E-state index contributed by atoms with van der Waals surface area (Å²) in [6.07, 6.45) is 4.85. The molecule has 0 spiro atoms. The maximum absolute atomic E-state index is 12.6. The zero-order valence-electron chi connectivity index (χ0n) is 13.0. The van der Waals surface area contributed by atoms with Gasteiger partial charge in [0.05, 0.1) is 7.11 Å². The molecule has 1 saturated carbocycles. The van der Waals surface area contributed by atoms with Crippen LogP contribution in [0, 0.1) is 12.8 Å². The summed E-state index contributed by atoms with van der Waals surface area (Å²) in [6.45, 7) is 4.24.